The van der Waals surface area contributed by atoms with Crippen LogP contribution in [-0.4, -0.2) is 18.1 Å². The molecule has 1 heterocycles. The average Bonchev–Trinajstić information content (AvgIpc) is 2.43. The molecule has 0 amide bonds. The molecule has 106 valence electrons. The van der Waals surface area contributed by atoms with Gasteiger partial charge in [0.05, 0.1) is 11.6 Å². The Morgan fingerprint density at radius 2 is 1.85 bits per heavy atom. The molecule has 0 atom stereocenters. The molecule has 2 N–H and O–H groups in total. The van der Waals surface area contributed by atoms with Gasteiger partial charge in [-0.3, -0.25) is 4.98 Å². The Morgan fingerprint density at radius 1 is 1.10 bits per heavy atom. The zero-order valence-electron chi connectivity index (χ0n) is 11.0. The van der Waals surface area contributed by atoms with Crippen molar-refractivity contribution in [2.45, 2.75) is 12.8 Å². The largest absolute Gasteiger partial charge is 0.491 e. The van der Waals surface area contributed by atoms with Crippen molar-refractivity contribution in [3.63, 3.8) is 0 Å². The Morgan fingerprint density at radius 3 is 2.55 bits per heavy atom. The summed E-state index contributed by atoms with van der Waals surface area (Å²) in [6.45, 7) is 1.07. The van der Waals surface area contributed by atoms with Gasteiger partial charge in [-0.15, -0.1) is 0 Å². The van der Waals surface area contributed by atoms with E-state index in [4.69, 9.17) is 33.7 Å². The van der Waals surface area contributed by atoms with E-state index in [2.05, 4.69) is 4.98 Å². The van der Waals surface area contributed by atoms with Crippen LogP contribution < -0.4 is 10.5 Å². The van der Waals surface area contributed by atoms with Gasteiger partial charge in [-0.25, -0.2) is 0 Å². The van der Waals surface area contributed by atoms with Gasteiger partial charge in [-0.05, 0) is 48.4 Å². The van der Waals surface area contributed by atoms with E-state index in [-0.39, 0.29) is 0 Å². The lowest BCUT2D eigenvalue weighted by Gasteiger charge is -2.13. The highest BCUT2D eigenvalue weighted by Gasteiger charge is 2.10. The molecule has 0 aliphatic carbocycles. The fourth-order valence-corrected chi connectivity index (χ4v) is 2.53. The minimum absolute atomic E-state index is 0.524. The van der Waals surface area contributed by atoms with Crippen molar-refractivity contribution < 1.29 is 4.74 Å². The van der Waals surface area contributed by atoms with E-state index in [9.17, 15) is 0 Å². The van der Waals surface area contributed by atoms with E-state index in [0.717, 1.165) is 12.0 Å². The molecule has 0 aliphatic heterocycles. The lowest BCUT2D eigenvalue weighted by atomic mass is 10.1. The summed E-state index contributed by atoms with van der Waals surface area (Å²) in [4.78, 5) is 3.98. The molecule has 1 aromatic heterocycles. The van der Waals surface area contributed by atoms with Crippen molar-refractivity contribution in [2.75, 3.05) is 13.2 Å². The van der Waals surface area contributed by atoms with Crippen LogP contribution in [0.2, 0.25) is 10.0 Å². The average molecular weight is 311 g/mol. The molecule has 0 spiro atoms. The second-order valence-corrected chi connectivity index (χ2v) is 5.21. The molecular formula is C15H16Cl2N2O. The molecule has 0 aliphatic rings. The number of halogens is 2. The summed E-state index contributed by atoms with van der Waals surface area (Å²) < 4.78 is 5.81. The van der Waals surface area contributed by atoms with E-state index in [1.165, 1.54) is 5.56 Å². The molecule has 0 radical (unpaired) electrons. The standard InChI is InChI=1S/C15H16Cl2N2O/c16-13-9-12(1-5-18)15(14(17)10-13)20-8-4-11-2-6-19-7-3-11/h2-3,6-7,9-10H,1,4-5,8,18H2. The van der Waals surface area contributed by atoms with Crippen LogP contribution in [0.4, 0.5) is 0 Å². The minimum Gasteiger partial charge on any atom is -0.491 e. The van der Waals surface area contributed by atoms with Gasteiger partial charge in [0.25, 0.3) is 0 Å². The maximum absolute atomic E-state index is 6.19. The maximum atomic E-state index is 6.19. The maximum Gasteiger partial charge on any atom is 0.141 e. The van der Waals surface area contributed by atoms with Crippen LogP contribution in [0.15, 0.2) is 36.7 Å². The zero-order chi connectivity index (χ0) is 14.4. The Balaban J connectivity index is 2.05. The van der Waals surface area contributed by atoms with E-state index < -0.39 is 0 Å². The quantitative estimate of drug-likeness (QED) is 0.888. The highest BCUT2D eigenvalue weighted by Crippen LogP contribution is 2.32. The molecule has 0 bridgehead atoms. The van der Waals surface area contributed by atoms with Crippen LogP contribution >= 0.6 is 23.2 Å². The lowest BCUT2D eigenvalue weighted by Crippen LogP contribution is -2.08. The van der Waals surface area contributed by atoms with Crippen molar-refractivity contribution in [1.82, 2.24) is 4.98 Å². The summed E-state index contributed by atoms with van der Waals surface area (Å²) in [7, 11) is 0. The first-order valence-electron chi connectivity index (χ1n) is 6.40. The summed E-state index contributed by atoms with van der Waals surface area (Å²) in [6, 6.07) is 7.47. The number of hydrogen-bond acceptors (Lipinski definition) is 3. The van der Waals surface area contributed by atoms with Gasteiger partial charge in [-0.2, -0.15) is 0 Å². The van der Waals surface area contributed by atoms with Crippen molar-refractivity contribution in [3.05, 3.63) is 57.8 Å². The van der Waals surface area contributed by atoms with E-state index in [1.807, 2.05) is 18.2 Å². The Kier molecular flexibility index (Phi) is 5.65. The van der Waals surface area contributed by atoms with E-state index in [0.29, 0.717) is 35.4 Å². The molecule has 0 saturated heterocycles. The van der Waals surface area contributed by atoms with E-state index in [1.54, 1.807) is 18.5 Å². The predicted molar refractivity (Wildman–Crippen MR) is 82.7 cm³/mol. The van der Waals surface area contributed by atoms with Gasteiger partial charge in [-0.1, -0.05) is 23.2 Å². The van der Waals surface area contributed by atoms with E-state index >= 15 is 0 Å². The lowest BCUT2D eigenvalue weighted by molar-refractivity contribution is 0.319. The van der Waals surface area contributed by atoms with Crippen molar-refractivity contribution >= 4 is 23.2 Å². The monoisotopic (exact) mass is 310 g/mol. The van der Waals surface area contributed by atoms with Crippen LogP contribution in [-0.2, 0) is 12.8 Å². The highest BCUT2D eigenvalue weighted by molar-refractivity contribution is 6.35. The molecule has 5 heteroatoms. The number of pyridine rings is 1. The predicted octanol–water partition coefficient (Wildman–Crippen LogP) is 3.51. The van der Waals surface area contributed by atoms with Gasteiger partial charge in [0.1, 0.15) is 5.75 Å². The Bertz CT molecular complexity index is 561. The van der Waals surface area contributed by atoms with Gasteiger partial charge < -0.3 is 10.5 Å². The highest BCUT2D eigenvalue weighted by atomic mass is 35.5. The van der Waals surface area contributed by atoms with Crippen molar-refractivity contribution in [3.8, 4) is 5.75 Å². The van der Waals surface area contributed by atoms with Gasteiger partial charge in [0.15, 0.2) is 0 Å². The first kappa shape index (κ1) is 15.1. The third kappa shape index (κ3) is 4.10. The number of rotatable bonds is 6. The first-order valence-corrected chi connectivity index (χ1v) is 7.16. The number of ether oxygens (including phenoxy) is 1. The van der Waals surface area contributed by atoms with Gasteiger partial charge in [0, 0.05) is 23.8 Å². The molecule has 0 unspecified atom stereocenters. The summed E-state index contributed by atoms with van der Waals surface area (Å²) in [5.74, 6) is 0.676. The fourth-order valence-electron chi connectivity index (χ4n) is 1.94. The summed E-state index contributed by atoms with van der Waals surface area (Å²) in [5, 5.41) is 1.12. The van der Waals surface area contributed by atoms with Crippen LogP contribution in [0.1, 0.15) is 11.1 Å². The molecule has 3 nitrogen and oxygen atoms in total. The van der Waals surface area contributed by atoms with Crippen LogP contribution in [0, 0.1) is 0 Å². The molecule has 0 fully saturated rings. The topological polar surface area (TPSA) is 48.1 Å². The molecule has 20 heavy (non-hydrogen) atoms. The third-order valence-electron chi connectivity index (χ3n) is 2.89. The van der Waals surface area contributed by atoms with Crippen LogP contribution in [0.25, 0.3) is 0 Å². The number of nitrogens with two attached hydrogens (primary N) is 1. The van der Waals surface area contributed by atoms with Crippen molar-refractivity contribution in [1.29, 1.82) is 0 Å². The summed E-state index contributed by atoms with van der Waals surface area (Å²) >= 11 is 12.2. The molecular weight excluding hydrogens is 295 g/mol. The van der Waals surface area contributed by atoms with Gasteiger partial charge >= 0.3 is 0 Å². The second kappa shape index (κ2) is 7.48. The van der Waals surface area contributed by atoms with Crippen LogP contribution in [0.3, 0.4) is 0 Å². The molecule has 2 aromatic rings. The normalized spacial score (nSPS) is 10.6. The molecule has 2 rings (SSSR count). The number of benzene rings is 1. The summed E-state index contributed by atoms with van der Waals surface area (Å²) in [6.07, 6.45) is 5.02. The number of hydrogen-bond donors (Lipinski definition) is 1. The fraction of sp³-hybridized carbons (Fsp3) is 0.267. The third-order valence-corrected chi connectivity index (χ3v) is 3.38. The zero-order valence-corrected chi connectivity index (χ0v) is 12.5. The molecule has 1 aromatic carbocycles. The Labute approximate surface area is 128 Å². The Hall–Kier alpha value is -1.29. The van der Waals surface area contributed by atoms with Gasteiger partial charge in [0.2, 0.25) is 0 Å². The van der Waals surface area contributed by atoms with Crippen molar-refractivity contribution in [2.24, 2.45) is 5.73 Å². The SMILES string of the molecule is NCCc1cc(Cl)cc(Cl)c1OCCc1ccncc1. The first-order chi connectivity index (χ1) is 9.70. The number of aromatic nitrogens is 1. The second-order valence-electron chi connectivity index (χ2n) is 4.37. The minimum atomic E-state index is 0.524. The van der Waals surface area contributed by atoms with Crippen LogP contribution in [0.5, 0.6) is 5.75 Å². The smallest absolute Gasteiger partial charge is 0.141 e. The summed E-state index contributed by atoms with van der Waals surface area (Å²) in [5.41, 5.74) is 7.72. The molecule has 0 saturated carbocycles. The number of nitrogens with zero attached hydrogens (tertiary/aromatic N) is 1.